The standard InChI is InChI=1S/C26H29F13O2/c1-2-3-4-5-16-6-8-17(9-7-16)18-10-12-19(13-11-18)20(40)41-15-14-21(27,28)22(29,30)23(31,32)24(33,34)25(35,36)26(37,38)39/h10-13,16-17H,2-9,14-15H2,1H3. The van der Waals surface area contributed by atoms with Gasteiger partial charge in [0.25, 0.3) is 0 Å². The van der Waals surface area contributed by atoms with Crippen molar-refractivity contribution in [3.8, 4) is 0 Å². The molecule has 0 bridgehead atoms. The van der Waals surface area contributed by atoms with Gasteiger partial charge in [-0.15, -0.1) is 0 Å². The lowest BCUT2D eigenvalue weighted by atomic mass is 9.77. The molecule has 0 aliphatic heterocycles. The summed E-state index contributed by atoms with van der Waals surface area (Å²) in [6, 6.07) is 5.60. The van der Waals surface area contributed by atoms with Crippen LogP contribution in [0.15, 0.2) is 24.3 Å². The third-order valence-corrected chi connectivity index (χ3v) is 7.33. The summed E-state index contributed by atoms with van der Waals surface area (Å²) in [4.78, 5) is 12.1. The Kier molecular flexibility index (Phi) is 10.7. The quantitative estimate of drug-likeness (QED) is 0.125. The largest absolute Gasteiger partial charge is 0.462 e. The monoisotopic (exact) mass is 620 g/mol. The van der Waals surface area contributed by atoms with Crippen molar-refractivity contribution in [3.05, 3.63) is 35.4 Å². The normalized spacial score (nSPS) is 19.8. The van der Waals surface area contributed by atoms with Gasteiger partial charge in [-0.2, -0.15) is 57.1 Å². The molecule has 0 spiro atoms. The minimum atomic E-state index is -7.96. The molecule has 0 unspecified atom stereocenters. The molecule has 1 saturated carbocycles. The van der Waals surface area contributed by atoms with Crippen molar-refractivity contribution < 1.29 is 66.6 Å². The molecule has 1 aliphatic carbocycles. The number of hydrogen-bond acceptors (Lipinski definition) is 2. The van der Waals surface area contributed by atoms with Gasteiger partial charge in [-0.25, -0.2) is 4.79 Å². The molecule has 1 aromatic rings. The highest BCUT2D eigenvalue weighted by molar-refractivity contribution is 5.89. The van der Waals surface area contributed by atoms with Crippen molar-refractivity contribution in [1.82, 2.24) is 0 Å². The molecule has 0 heterocycles. The molecule has 1 aliphatic rings. The molecule has 0 radical (unpaired) electrons. The van der Waals surface area contributed by atoms with Crippen molar-refractivity contribution in [2.24, 2.45) is 5.92 Å². The van der Waals surface area contributed by atoms with Gasteiger partial charge in [0, 0.05) is 0 Å². The van der Waals surface area contributed by atoms with E-state index in [1.165, 1.54) is 18.6 Å². The molecule has 2 rings (SSSR count). The zero-order chi connectivity index (χ0) is 31.5. The van der Waals surface area contributed by atoms with Gasteiger partial charge in [0.05, 0.1) is 18.6 Å². The smallest absolute Gasteiger partial charge is 0.460 e. The molecule has 0 N–H and O–H groups in total. The van der Waals surface area contributed by atoms with E-state index in [-0.39, 0.29) is 11.5 Å². The Morgan fingerprint density at radius 3 is 1.73 bits per heavy atom. The van der Waals surface area contributed by atoms with Crippen LogP contribution in [0.5, 0.6) is 0 Å². The average molecular weight is 620 g/mol. The maximum Gasteiger partial charge on any atom is 0.460 e. The predicted molar refractivity (Wildman–Crippen MR) is 121 cm³/mol. The lowest BCUT2D eigenvalue weighted by molar-refractivity contribution is -0.440. The number of carbonyl (C=O) groups excluding carboxylic acids is 1. The molecule has 1 aromatic carbocycles. The SMILES string of the molecule is CCCCCC1CCC(c2ccc(C(=O)OCCC(F)(F)C(F)(F)C(F)(F)C(F)(F)C(F)(F)C(F)(F)F)cc2)CC1. The Balaban J connectivity index is 1.99. The molecule has 236 valence electrons. The highest BCUT2D eigenvalue weighted by Gasteiger charge is 2.90. The Hall–Kier alpha value is -2.22. The number of alkyl halides is 13. The van der Waals surface area contributed by atoms with Gasteiger partial charge < -0.3 is 4.74 Å². The molecule has 41 heavy (non-hydrogen) atoms. The van der Waals surface area contributed by atoms with E-state index in [2.05, 4.69) is 11.7 Å². The summed E-state index contributed by atoms with van der Waals surface area (Å²) in [5, 5.41) is 0. The summed E-state index contributed by atoms with van der Waals surface area (Å²) in [6.45, 7) is 0.343. The van der Waals surface area contributed by atoms with Crippen LogP contribution in [0.25, 0.3) is 0 Å². The van der Waals surface area contributed by atoms with Crippen molar-refractivity contribution >= 4 is 5.97 Å². The van der Waals surface area contributed by atoms with Crippen LogP contribution in [0.1, 0.15) is 86.6 Å². The summed E-state index contributed by atoms with van der Waals surface area (Å²) in [5.74, 6) is -37.8. The predicted octanol–water partition coefficient (Wildman–Crippen LogP) is 9.83. The number of carbonyl (C=O) groups is 1. The zero-order valence-electron chi connectivity index (χ0n) is 21.8. The van der Waals surface area contributed by atoms with Crippen molar-refractivity contribution in [1.29, 1.82) is 0 Å². The fourth-order valence-corrected chi connectivity index (χ4v) is 4.67. The second-order valence-corrected chi connectivity index (χ2v) is 10.2. The number of ether oxygens (including phenoxy) is 1. The van der Waals surface area contributed by atoms with Crippen LogP contribution in [0.4, 0.5) is 57.1 Å². The number of esters is 1. The minimum absolute atomic E-state index is 0.202. The van der Waals surface area contributed by atoms with Crippen LogP contribution < -0.4 is 0 Å². The highest BCUT2D eigenvalue weighted by atomic mass is 19.4. The number of rotatable bonds is 13. The first-order valence-electron chi connectivity index (χ1n) is 12.9. The van der Waals surface area contributed by atoms with E-state index in [9.17, 15) is 61.9 Å². The molecule has 1 fully saturated rings. The van der Waals surface area contributed by atoms with Gasteiger partial charge in [0.2, 0.25) is 0 Å². The molecular weight excluding hydrogens is 591 g/mol. The van der Waals surface area contributed by atoms with Gasteiger partial charge in [-0.05, 0) is 55.2 Å². The average Bonchev–Trinajstić information content (AvgIpc) is 2.88. The Morgan fingerprint density at radius 1 is 0.732 bits per heavy atom. The fraction of sp³-hybridized carbons (Fsp3) is 0.731. The zero-order valence-corrected chi connectivity index (χ0v) is 21.8. The first kappa shape index (κ1) is 35.0. The first-order valence-corrected chi connectivity index (χ1v) is 12.9. The van der Waals surface area contributed by atoms with E-state index < -0.39 is 54.8 Å². The molecule has 15 heteroatoms. The van der Waals surface area contributed by atoms with Crippen molar-refractivity contribution in [3.63, 3.8) is 0 Å². The molecule has 0 amide bonds. The summed E-state index contributed by atoms with van der Waals surface area (Å²) >= 11 is 0. The maximum absolute atomic E-state index is 13.9. The number of unbranched alkanes of at least 4 members (excludes halogenated alkanes) is 2. The van der Waals surface area contributed by atoms with Gasteiger partial charge in [-0.3, -0.25) is 0 Å². The summed E-state index contributed by atoms with van der Waals surface area (Å²) in [7, 11) is 0. The highest BCUT2D eigenvalue weighted by Crippen LogP contribution is 2.60. The minimum Gasteiger partial charge on any atom is -0.462 e. The first-order chi connectivity index (χ1) is 18.6. The van der Waals surface area contributed by atoms with Gasteiger partial charge >= 0.3 is 41.8 Å². The fourth-order valence-electron chi connectivity index (χ4n) is 4.67. The lowest BCUT2D eigenvalue weighted by Crippen LogP contribution is -2.70. The Morgan fingerprint density at radius 2 is 1.24 bits per heavy atom. The number of benzene rings is 1. The van der Waals surface area contributed by atoms with Crippen LogP contribution in [0, 0.1) is 5.92 Å². The van der Waals surface area contributed by atoms with Crippen LogP contribution in [0.3, 0.4) is 0 Å². The van der Waals surface area contributed by atoms with E-state index in [0.29, 0.717) is 5.92 Å². The maximum atomic E-state index is 13.9. The van der Waals surface area contributed by atoms with Crippen LogP contribution in [0.2, 0.25) is 0 Å². The third kappa shape index (κ3) is 7.06. The summed E-state index contributed by atoms with van der Waals surface area (Å²) < 4.78 is 175. The molecule has 2 nitrogen and oxygen atoms in total. The van der Waals surface area contributed by atoms with E-state index >= 15 is 0 Å². The molecule has 0 atom stereocenters. The van der Waals surface area contributed by atoms with Crippen molar-refractivity contribution in [2.75, 3.05) is 6.61 Å². The summed E-state index contributed by atoms with van der Waals surface area (Å²) in [6.07, 6.45) is -1.59. The van der Waals surface area contributed by atoms with Gasteiger partial charge in [0.15, 0.2) is 0 Å². The second-order valence-electron chi connectivity index (χ2n) is 10.2. The summed E-state index contributed by atoms with van der Waals surface area (Å²) in [5.41, 5.74) is 0.623. The Bertz CT molecular complexity index is 996. The van der Waals surface area contributed by atoms with Gasteiger partial charge in [-0.1, -0.05) is 44.7 Å². The second kappa shape index (κ2) is 12.6. The molecule has 0 saturated heterocycles. The lowest BCUT2D eigenvalue weighted by Gasteiger charge is -2.39. The van der Waals surface area contributed by atoms with Gasteiger partial charge in [0.1, 0.15) is 0 Å². The Labute approximate surface area is 227 Å². The van der Waals surface area contributed by atoms with E-state index in [4.69, 9.17) is 0 Å². The topological polar surface area (TPSA) is 26.3 Å². The molecular formula is C26H29F13O2. The number of halogens is 13. The number of hydrogen-bond donors (Lipinski definition) is 0. The van der Waals surface area contributed by atoms with Crippen LogP contribution >= 0.6 is 0 Å². The molecule has 0 aromatic heterocycles. The van der Waals surface area contributed by atoms with Crippen molar-refractivity contribution in [2.45, 2.75) is 106 Å². The van der Waals surface area contributed by atoms with Crippen LogP contribution in [-0.2, 0) is 4.74 Å². The van der Waals surface area contributed by atoms with E-state index in [1.807, 2.05) is 0 Å². The van der Waals surface area contributed by atoms with E-state index in [0.717, 1.165) is 50.5 Å². The third-order valence-electron chi connectivity index (χ3n) is 7.33. The van der Waals surface area contributed by atoms with E-state index in [1.54, 1.807) is 12.1 Å². The van der Waals surface area contributed by atoms with Crippen LogP contribution in [-0.4, -0.2) is 48.4 Å².